The van der Waals surface area contributed by atoms with Crippen LogP contribution in [0.4, 0.5) is 4.79 Å². The fraction of sp³-hybridized carbons (Fsp3) is 0.565. The molecule has 5 amide bonds. The molecule has 1 aromatic rings. The Hall–Kier alpha value is -3.14. The zero-order valence-electron chi connectivity index (χ0n) is 19.5. The number of hydrazine groups is 1. The summed E-state index contributed by atoms with van der Waals surface area (Å²) in [6.07, 6.45) is 3.53. The summed E-state index contributed by atoms with van der Waals surface area (Å²) in [5, 5.41) is 6.33. The number of piperidine rings is 1. The van der Waals surface area contributed by atoms with Gasteiger partial charge in [0.2, 0.25) is 5.91 Å². The third-order valence-corrected chi connectivity index (χ3v) is 6.17. The van der Waals surface area contributed by atoms with Crippen LogP contribution in [0.1, 0.15) is 45.1 Å². The van der Waals surface area contributed by atoms with E-state index in [0.29, 0.717) is 30.9 Å². The van der Waals surface area contributed by atoms with E-state index in [9.17, 15) is 19.2 Å². The van der Waals surface area contributed by atoms with Gasteiger partial charge in [-0.1, -0.05) is 25.5 Å². The Morgan fingerprint density at radius 3 is 2.64 bits per heavy atom. The largest absolute Gasteiger partial charge is 0.497 e. The third-order valence-electron chi connectivity index (χ3n) is 6.17. The van der Waals surface area contributed by atoms with Crippen molar-refractivity contribution in [2.45, 2.75) is 45.1 Å². The number of likely N-dealkylation sites (tertiary alicyclic amines) is 1. The molecular weight excluding hydrogens is 426 g/mol. The molecule has 0 aromatic heterocycles. The molecule has 2 aliphatic heterocycles. The zero-order chi connectivity index (χ0) is 24.0. The number of imide groups is 1. The van der Waals surface area contributed by atoms with Gasteiger partial charge in [-0.25, -0.2) is 4.79 Å². The van der Waals surface area contributed by atoms with Crippen LogP contribution >= 0.6 is 0 Å². The molecule has 180 valence electrons. The van der Waals surface area contributed by atoms with Gasteiger partial charge in [-0.3, -0.25) is 24.7 Å². The van der Waals surface area contributed by atoms with Crippen LogP contribution < -0.4 is 20.8 Å². The van der Waals surface area contributed by atoms with E-state index in [0.717, 1.165) is 30.7 Å². The zero-order valence-corrected chi connectivity index (χ0v) is 19.5. The van der Waals surface area contributed by atoms with Gasteiger partial charge in [-0.05, 0) is 50.4 Å². The molecule has 0 aliphatic carbocycles. The predicted molar refractivity (Wildman–Crippen MR) is 121 cm³/mol. The minimum atomic E-state index is -1.30. The lowest BCUT2D eigenvalue weighted by Crippen LogP contribution is -2.52. The van der Waals surface area contributed by atoms with Crippen LogP contribution in [-0.2, 0) is 19.9 Å². The first-order valence-corrected chi connectivity index (χ1v) is 11.4. The SMILES string of the molecule is CCCCNC(=O)C1CCCN(CC(=O)NN2C(=O)NC(C)(c3ccc(OC)cc3)C2=O)C1. The standard InChI is InChI=1S/C23H33N5O5/c1-4-5-12-24-20(30)16-7-6-13-27(14-16)15-19(29)26-28-21(31)23(2,25-22(28)32)17-8-10-18(33-3)11-9-17/h8-11,16H,4-7,12-15H2,1-3H3,(H,24,30)(H,25,32)(H,26,29). The van der Waals surface area contributed by atoms with E-state index >= 15 is 0 Å². The van der Waals surface area contributed by atoms with Crippen LogP contribution in [0.25, 0.3) is 0 Å². The van der Waals surface area contributed by atoms with E-state index < -0.39 is 23.4 Å². The number of amides is 5. The molecule has 10 heteroatoms. The maximum absolute atomic E-state index is 13.0. The van der Waals surface area contributed by atoms with Crippen molar-refractivity contribution in [2.75, 3.05) is 33.3 Å². The van der Waals surface area contributed by atoms with Crippen LogP contribution in [0.2, 0.25) is 0 Å². The summed E-state index contributed by atoms with van der Waals surface area (Å²) in [5.41, 5.74) is 1.70. The number of methoxy groups -OCH3 is 1. The second kappa shape index (κ2) is 10.7. The second-order valence-corrected chi connectivity index (χ2v) is 8.68. The number of rotatable bonds is 9. The molecule has 2 saturated heterocycles. The molecule has 0 saturated carbocycles. The minimum Gasteiger partial charge on any atom is -0.497 e. The van der Waals surface area contributed by atoms with E-state index in [-0.39, 0.29) is 18.4 Å². The molecule has 3 N–H and O–H groups in total. The molecule has 3 rings (SSSR count). The van der Waals surface area contributed by atoms with E-state index in [2.05, 4.69) is 23.0 Å². The molecule has 0 spiro atoms. The fourth-order valence-corrected chi connectivity index (χ4v) is 4.17. The van der Waals surface area contributed by atoms with Crippen molar-refractivity contribution in [3.8, 4) is 5.75 Å². The Bertz CT molecular complexity index is 890. The van der Waals surface area contributed by atoms with Crippen molar-refractivity contribution >= 4 is 23.8 Å². The Balaban J connectivity index is 1.57. The van der Waals surface area contributed by atoms with Crippen LogP contribution in [0.5, 0.6) is 5.75 Å². The lowest BCUT2D eigenvalue weighted by atomic mass is 9.92. The average molecular weight is 460 g/mol. The van der Waals surface area contributed by atoms with Gasteiger partial charge in [0, 0.05) is 13.1 Å². The molecule has 2 fully saturated rings. The fourth-order valence-electron chi connectivity index (χ4n) is 4.17. The second-order valence-electron chi connectivity index (χ2n) is 8.68. The van der Waals surface area contributed by atoms with Crippen LogP contribution in [0.15, 0.2) is 24.3 Å². The molecule has 2 aliphatic rings. The Morgan fingerprint density at radius 2 is 1.97 bits per heavy atom. The highest BCUT2D eigenvalue weighted by molar-refractivity contribution is 6.08. The molecule has 0 radical (unpaired) electrons. The van der Waals surface area contributed by atoms with Crippen molar-refractivity contribution in [3.05, 3.63) is 29.8 Å². The number of nitrogens with one attached hydrogen (secondary N) is 3. The molecule has 1 aromatic carbocycles. The summed E-state index contributed by atoms with van der Waals surface area (Å²) >= 11 is 0. The number of unbranched alkanes of at least 4 members (excludes halogenated alkanes) is 1. The number of urea groups is 1. The number of carbonyl (C=O) groups excluding carboxylic acids is 4. The number of hydrogen-bond acceptors (Lipinski definition) is 6. The summed E-state index contributed by atoms with van der Waals surface area (Å²) in [5.74, 6) is -0.582. The van der Waals surface area contributed by atoms with Gasteiger partial charge in [0.1, 0.15) is 11.3 Å². The third kappa shape index (κ3) is 5.62. The van der Waals surface area contributed by atoms with E-state index in [1.807, 2.05) is 4.90 Å². The molecule has 2 heterocycles. The topological polar surface area (TPSA) is 120 Å². The van der Waals surface area contributed by atoms with Gasteiger partial charge >= 0.3 is 6.03 Å². The summed E-state index contributed by atoms with van der Waals surface area (Å²) in [4.78, 5) is 52.4. The lowest BCUT2D eigenvalue weighted by Gasteiger charge is -2.31. The lowest BCUT2D eigenvalue weighted by molar-refractivity contribution is -0.139. The van der Waals surface area contributed by atoms with Crippen molar-refractivity contribution in [1.82, 2.24) is 26.0 Å². The Kier molecular flexibility index (Phi) is 7.91. The van der Waals surface area contributed by atoms with Gasteiger partial charge in [0.15, 0.2) is 0 Å². The number of benzene rings is 1. The van der Waals surface area contributed by atoms with Crippen LogP contribution in [0, 0.1) is 5.92 Å². The molecule has 2 unspecified atom stereocenters. The van der Waals surface area contributed by atoms with E-state index in [1.54, 1.807) is 38.3 Å². The first kappa shape index (κ1) is 24.5. The normalized spacial score (nSPS) is 23.2. The van der Waals surface area contributed by atoms with Gasteiger partial charge in [-0.15, -0.1) is 0 Å². The molecule has 10 nitrogen and oxygen atoms in total. The van der Waals surface area contributed by atoms with Crippen molar-refractivity contribution in [3.63, 3.8) is 0 Å². The average Bonchev–Trinajstić information content (AvgIpc) is 3.03. The van der Waals surface area contributed by atoms with Crippen molar-refractivity contribution in [1.29, 1.82) is 0 Å². The Morgan fingerprint density at radius 1 is 1.24 bits per heavy atom. The summed E-state index contributed by atoms with van der Waals surface area (Å²) in [6.45, 7) is 5.46. The molecular formula is C23H33N5O5. The highest BCUT2D eigenvalue weighted by atomic mass is 16.5. The maximum atomic E-state index is 13.0. The minimum absolute atomic E-state index is 0.00491. The number of nitrogens with zero attached hydrogens (tertiary/aromatic N) is 2. The molecule has 2 atom stereocenters. The molecule has 33 heavy (non-hydrogen) atoms. The van der Waals surface area contributed by atoms with Crippen molar-refractivity contribution < 1.29 is 23.9 Å². The van der Waals surface area contributed by atoms with Crippen molar-refractivity contribution in [2.24, 2.45) is 5.92 Å². The number of carbonyl (C=O) groups is 4. The first-order valence-electron chi connectivity index (χ1n) is 11.4. The quantitative estimate of drug-likeness (QED) is 0.376. The summed E-state index contributed by atoms with van der Waals surface area (Å²) in [7, 11) is 1.54. The predicted octanol–water partition coefficient (Wildman–Crippen LogP) is 1.12. The van der Waals surface area contributed by atoms with Gasteiger partial charge < -0.3 is 15.4 Å². The molecule has 0 bridgehead atoms. The highest BCUT2D eigenvalue weighted by Crippen LogP contribution is 2.29. The summed E-state index contributed by atoms with van der Waals surface area (Å²) in [6, 6.07) is 6.10. The smallest absolute Gasteiger partial charge is 0.344 e. The Labute approximate surface area is 194 Å². The summed E-state index contributed by atoms with van der Waals surface area (Å²) < 4.78 is 5.14. The number of hydrogen-bond donors (Lipinski definition) is 3. The van der Waals surface area contributed by atoms with Gasteiger partial charge in [0.25, 0.3) is 11.8 Å². The first-order chi connectivity index (χ1) is 15.8. The maximum Gasteiger partial charge on any atom is 0.344 e. The van der Waals surface area contributed by atoms with Gasteiger partial charge in [0.05, 0.1) is 19.6 Å². The number of ether oxygens (including phenoxy) is 1. The monoisotopic (exact) mass is 459 g/mol. The van der Waals surface area contributed by atoms with E-state index in [1.165, 1.54) is 0 Å². The van der Waals surface area contributed by atoms with Crippen LogP contribution in [0.3, 0.4) is 0 Å². The highest BCUT2D eigenvalue weighted by Gasteiger charge is 2.50. The van der Waals surface area contributed by atoms with E-state index in [4.69, 9.17) is 4.74 Å². The van der Waals surface area contributed by atoms with Crippen LogP contribution in [-0.4, -0.2) is 67.0 Å². The van der Waals surface area contributed by atoms with Gasteiger partial charge in [-0.2, -0.15) is 5.01 Å².